The summed E-state index contributed by atoms with van der Waals surface area (Å²) in [6.07, 6.45) is 7.71. The first-order chi connectivity index (χ1) is 13.0. The van der Waals surface area contributed by atoms with Crippen molar-refractivity contribution >= 4 is 17.5 Å². The first-order valence-corrected chi connectivity index (χ1v) is 10.4. The standard InChI is InChI=1S/C22H33N3O2/c1-16-8-9-20(17(2)14-16)24-21(26)15-25-12-10-18(11-13-25)22(27)23-19-6-4-3-5-7-19/h8-9,14,18-19H,3-7,10-13,15H2,1-2H3,(H,23,27)(H,24,26). The molecule has 2 amide bonds. The Bertz CT molecular complexity index is 660. The summed E-state index contributed by atoms with van der Waals surface area (Å²) < 4.78 is 0. The van der Waals surface area contributed by atoms with E-state index < -0.39 is 0 Å². The average Bonchev–Trinajstić information content (AvgIpc) is 2.65. The van der Waals surface area contributed by atoms with Gasteiger partial charge in [0.25, 0.3) is 0 Å². The molecule has 27 heavy (non-hydrogen) atoms. The van der Waals surface area contributed by atoms with Crippen molar-refractivity contribution in [2.24, 2.45) is 5.92 Å². The summed E-state index contributed by atoms with van der Waals surface area (Å²) >= 11 is 0. The topological polar surface area (TPSA) is 61.4 Å². The summed E-state index contributed by atoms with van der Waals surface area (Å²) in [6, 6.07) is 6.43. The molecule has 2 aliphatic rings. The Labute approximate surface area is 162 Å². The highest BCUT2D eigenvalue weighted by Gasteiger charge is 2.27. The molecule has 1 heterocycles. The van der Waals surface area contributed by atoms with Gasteiger partial charge in [0.1, 0.15) is 0 Å². The lowest BCUT2D eigenvalue weighted by atomic mass is 9.92. The van der Waals surface area contributed by atoms with Gasteiger partial charge in [0.15, 0.2) is 0 Å². The lowest BCUT2D eigenvalue weighted by Gasteiger charge is -2.32. The van der Waals surface area contributed by atoms with Gasteiger partial charge in [-0.05, 0) is 64.3 Å². The molecule has 0 aromatic heterocycles. The molecule has 2 N–H and O–H groups in total. The van der Waals surface area contributed by atoms with E-state index in [-0.39, 0.29) is 17.7 Å². The predicted octanol–water partition coefficient (Wildman–Crippen LogP) is 3.40. The van der Waals surface area contributed by atoms with E-state index in [4.69, 9.17) is 0 Å². The van der Waals surface area contributed by atoms with Gasteiger partial charge in [0.05, 0.1) is 6.54 Å². The smallest absolute Gasteiger partial charge is 0.238 e. The van der Waals surface area contributed by atoms with Crippen LogP contribution in [0, 0.1) is 19.8 Å². The molecular formula is C22H33N3O2. The third kappa shape index (κ3) is 5.80. The van der Waals surface area contributed by atoms with Crippen LogP contribution in [-0.4, -0.2) is 42.4 Å². The van der Waals surface area contributed by atoms with Gasteiger partial charge >= 0.3 is 0 Å². The van der Waals surface area contributed by atoms with Crippen molar-refractivity contribution in [3.8, 4) is 0 Å². The number of aryl methyl sites for hydroxylation is 2. The predicted molar refractivity (Wildman–Crippen MR) is 109 cm³/mol. The third-order valence-electron chi connectivity index (χ3n) is 5.93. The Morgan fingerprint density at radius 1 is 1.04 bits per heavy atom. The van der Waals surface area contributed by atoms with Crippen LogP contribution in [0.5, 0.6) is 0 Å². The second kappa shape index (κ2) is 9.36. The van der Waals surface area contributed by atoms with Crippen molar-refractivity contribution in [3.05, 3.63) is 29.3 Å². The number of nitrogens with one attached hydrogen (secondary N) is 2. The monoisotopic (exact) mass is 371 g/mol. The normalized spacial score (nSPS) is 19.6. The number of rotatable bonds is 5. The van der Waals surface area contributed by atoms with Crippen LogP contribution in [0.3, 0.4) is 0 Å². The molecule has 3 rings (SSSR count). The lowest BCUT2D eigenvalue weighted by Crippen LogP contribution is -2.45. The summed E-state index contributed by atoms with van der Waals surface area (Å²) in [5.74, 6) is 0.346. The average molecular weight is 372 g/mol. The number of anilines is 1. The van der Waals surface area contributed by atoms with E-state index in [0.29, 0.717) is 12.6 Å². The van der Waals surface area contributed by atoms with E-state index in [2.05, 4.69) is 21.6 Å². The summed E-state index contributed by atoms with van der Waals surface area (Å²) in [6.45, 7) is 6.07. The molecule has 2 fully saturated rings. The van der Waals surface area contributed by atoms with Crippen LogP contribution in [0.4, 0.5) is 5.69 Å². The fourth-order valence-corrected chi connectivity index (χ4v) is 4.27. The Kier molecular flexibility index (Phi) is 6.89. The maximum absolute atomic E-state index is 12.5. The van der Waals surface area contributed by atoms with E-state index >= 15 is 0 Å². The number of hydrogen-bond acceptors (Lipinski definition) is 3. The molecule has 1 saturated carbocycles. The zero-order valence-electron chi connectivity index (χ0n) is 16.7. The molecule has 0 unspecified atom stereocenters. The van der Waals surface area contributed by atoms with E-state index in [0.717, 1.165) is 50.0 Å². The summed E-state index contributed by atoms with van der Waals surface area (Å²) in [5.41, 5.74) is 3.16. The zero-order chi connectivity index (χ0) is 19.2. The van der Waals surface area contributed by atoms with E-state index in [1.807, 2.05) is 26.0 Å². The second-order valence-electron chi connectivity index (χ2n) is 8.26. The van der Waals surface area contributed by atoms with Gasteiger partial charge in [-0.2, -0.15) is 0 Å². The van der Waals surface area contributed by atoms with Gasteiger partial charge in [0, 0.05) is 17.6 Å². The molecular weight excluding hydrogens is 338 g/mol. The van der Waals surface area contributed by atoms with E-state index in [1.165, 1.54) is 24.8 Å². The minimum absolute atomic E-state index is 0.0204. The molecule has 1 aliphatic heterocycles. The fraction of sp³-hybridized carbons (Fsp3) is 0.636. The number of benzene rings is 1. The maximum atomic E-state index is 12.5. The highest BCUT2D eigenvalue weighted by Crippen LogP contribution is 2.21. The van der Waals surface area contributed by atoms with Gasteiger partial charge in [-0.3, -0.25) is 14.5 Å². The minimum Gasteiger partial charge on any atom is -0.353 e. The van der Waals surface area contributed by atoms with Crippen molar-refractivity contribution in [3.63, 3.8) is 0 Å². The minimum atomic E-state index is 0.0204. The van der Waals surface area contributed by atoms with Crippen LogP contribution in [-0.2, 0) is 9.59 Å². The number of amides is 2. The molecule has 1 aliphatic carbocycles. The van der Waals surface area contributed by atoms with Crippen molar-refractivity contribution in [2.45, 2.75) is 64.8 Å². The first-order valence-electron chi connectivity index (χ1n) is 10.4. The Balaban J connectivity index is 1.40. The van der Waals surface area contributed by atoms with Gasteiger partial charge in [-0.25, -0.2) is 0 Å². The highest BCUT2D eigenvalue weighted by molar-refractivity contribution is 5.93. The van der Waals surface area contributed by atoms with E-state index in [9.17, 15) is 9.59 Å². The van der Waals surface area contributed by atoms with Crippen molar-refractivity contribution in [2.75, 3.05) is 25.0 Å². The van der Waals surface area contributed by atoms with Crippen LogP contribution in [0.2, 0.25) is 0 Å². The zero-order valence-corrected chi connectivity index (χ0v) is 16.7. The maximum Gasteiger partial charge on any atom is 0.238 e. The molecule has 0 atom stereocenters. The lowest BCUT2D eigenvalue weighted by molar-refractivity contribution is -0.127. The highest BCUT2D eigenvalue weighted by atomic mass is 16.2. The number of likely N-dealkylation sites (tertiary alicyclic amines) is 1. The van der Waals surface area contributed by atoms with Crippen LogP contribution in [0.25, 0.3) is 0 Å². The number of hydrogen-bond donors (Lipinski definition) is 2. The van der Waals surface area contributed by atoms with Crippen molar-refractivity contribution in [1.29, 1.82) is 0 Å². The fourth-order valence-electron chi connectivity index (χ4n) is 4.27. The van der Waals surface area contributed by atoms with Crippen molar-refractivity contribution in [1.82, 2.24) is 10.2 Å². The molecule has 1 aromatic rings. The molecule has 1 aromatic carbocycles. The molecule has 0 spiro atoms. The second-order valence-corrected chi connectivity index (χ2v) is 8.26. The number of nitrogens with zero attached hydrogens (tertiary/aromatic N) is 1. The largest absolute Gasteiger partial charge is 0.353 e. The van der Waals surface area contributed by atoms with Crippen LogP contribution >= 0.6 is 0 Å². The van der Waals surface area contributed by atoms with Crippen molar-refractivity contribution < 1.29 is 9.59 Å². The molecule has 148 valence electrons. The Morgan fingerprint density at radius 2 is 1.74 bits per heavy atom. The Hall–Kier alpha value is -1.88. The van der Waals surface area contributed by atoms with Gasteiger partial charge < -0.3 is 10.6 Å². The van der Waals surface area contributed by atoms with E-state index in [1.54, 1.807) is 0 Å². The number of carbonyl (C=O) groups excluding carboxylic acids is 2. The quantitative estimate of drug-likeness (QED) is 0.834. The summed E-state index contributed by atoms with van der Waals surface area (Å²) in [4.78, 5) is 27.0. The first kappa shape index (κ1) is 19.9. The summed E-state index contributed by atoms with van der Waals surface area (Å²) in [7, 11) is 0. The number of piperidine rings is 1. The molecule has 0 radical (unpaired) electrons. The molecule has 0 bridgehead atoms. The SMILES string of the molecule is Cc1ccc(NC(=O)CN2CCC(C(=O)NC3CCCCC3)CC2)c(C)c1. The molecule has 5 nitrogen and oxygen atoms in total. The van der Waals surface area contributed by atoms with Gasteiger partial charge in [-0.15, -0.1) is 0 Å². The van der Waals surface area contributed by atoms with Crippen LogP contribution in [0.1, 0.15) is 56.1 Å². The summed E-state index contributed by atoms with van der Waals surface area (Å²) in [5, 5.41) is 6.26. The van der Waals surface area contributed by atoms with Gasteiger partial charge in [-0.1, -0.05) is 37.0 Å². The third-order valence-corrected chi connectivity index (χ3v) is 5.93. The van der Waals surface area contributed by atoms with Crippen LogP contribution in [0.15, 0.2) is 18.2 Å². The molecule has 1 saturated heterocycles. The van der Waals surface area contributed by atoms with Crippen LogP contribution < -0.4 is 10.6 Å². The number of carbonyl (C=O) groups is 2. The van der Waals surface area contributed by atoms with Gasteiger partial charge in [0.2, 0.25) is 11.8 Å². The Morgan fingerprint density at radius 3 is 2.41 bits per heavy atom. The molecule has 5 heteroatoms.